The summed E-state index contributed by atoms with van der Waals surface area (Å²) < 4.78 is 69.7. The Bertz CT molecular complexity index is 1020. The second kappa shape index (κ2) is 7.70. The van der Waals surface area contributed by atoms with E-state index in [1.807, 2.05) is 10.8 Å². The lowest BCUT2D eigenvalue weighted by atomic mass is 10.2. The fraction of sp³-hybridized carbons (Fsp3) is 0.118. The van der Waals surface area contributed by atoms with Crippen LogP contribution in [0.15, 0.2) is 59.8 Å². The lowest BCUT2D eigenvalue weighted by Gasteiger charge is -2.09. The molecule has 0 amide bonds. The third-order valence-corrected chi connectivity index (χ3v) is 4.79. The van der Waals surface area contributed by atoms with E-state index in [0.717, 1.165) is 17.8 Å². The number of aromatic nitrogens is 2. The Hall–Kier alpha value is -3.01. The van der Waals surface area contributed by atoms with Gasteiger partial charge in [-0.25, -0.2) is 26.6 Å². The van der Waals surface area contributed by atoms with Crippen LogP contribution in [0, 0.1) is 5.82 Å². The molecule has 1 aromatic carbocycles. The summed E-state index contributed by atoms with van der Waals surface area (Å²) in [5.74, 6) is -1.85. The lowest BCUT2D eigenvalue weighted by molar-refractivity contribution is 0.0815. The van der Waals surface area contributed by atoms with Crippen molar-refractivity contribution in [2.24, 2.45) is 0 Å². The highest BCUT2D eigenvalue weighted by atomic mass is 32.2. The average Bonchev–Trinajstić information content (AvgIpc) is 3.14. The highest BCUT2D eigenvalue weighted by Gasteiger charge is 2.20. The first kappa shape index (κ1) is 18.8. The molecule has 0 bridgehead atoms. The molecule has 0 fully saturated rings. The lowest BCUT2D eigenvalue weighted by Crippen LogP contribution is -2.15. The van der Waals surface area contributed by atoms with Crippen molar-refractivity contribution >= 4 is 15.8 Å². The standard InChI is InChI=1S/C17H14F3N3O3S/c18-14-6-12(26-10-16(19)20)8-22-17(14)23-27(24,25)13-7-15(21-9-13)11-4-2-1-3-5-11/h1-9,16,21H,10H2,(H,22,23). The summed E-state index contributed by atoms with van der Waals surface area (Å²) in [7, 11) is -4.11. The summed E-state index contributed by atoms with van der Waals surface area (Å²) in [5, 5.41) is 0. The molecule has 27 heavy (non-hydrogen) atoms. The van der Waals surface area contributed by atoms with Crippen LogP contribution in [-0.4, -0.2) is 31.4 Å². The van der Waals surface area contributed by atoms with E-state index in [1.165, 1.54) is 12.3 Å². The second-order valence-corrected chi connectivity index (χ2v) is 7.11. The average molecular weight is 397 g/mol. The minimum atomic E-state index is -4.11. The fourth-order valence-corrected chi connectivity index (χ4v) is 3.24. The Kier molecular flexibility index (Phi) is 5.36. The van der Waals surface area contributed by atoms with Gasteiger partial charge in [0.25, 0.3) is 16.4 Å². The maximum Gasteiger partial charge on any atom is 0.272 e. The number of hydrogen-bond donors (Lipinski definition) is 2. The molecule has 2 N–H and O–H groups in total. The first-order valence-corrected chi connectivity index (χ1v) is 9.16. The van der Waals surface area contributed by atoms with Crippen LogP contribution in [0.2, 0.25) is 0 Å². The molecule has 10 heteroatoms. The Balaban J connectivity index is 1.78. The number of hydrogen-bond acceptors (Lipinski definition) is 4. The predicted octanol–water partition coefficient (Wildman–Crippen LogP) is 3.66. The zero-order chi connectivity index (χ0) is 19.4. The zero-order valence-corrected chi connectivity index (χ0v) is 14.5. The van der Waals surface area contributed by atoms with Gasteiger partial charge in [-0.05, 0) is 11.6 Å². The summed E-state index contributed by atoms with van der Waals surface area (Å²) >= 11 is 0. The molecule has 3 aromatic rings. The van der Waals surface area contributed by atoms with Gasteiger partial charge in [0, 0.05) is 18.0 Å². The molecule has 0 saturated heterocycles. The zero-order valence-electron chi connectivity index (χ0n) is 13.7. The SMILES string of the molecule is O=S(=O)(Nc1ncc(OCC(F)F)cc1F)c1c[nH]c(-c2ccccc2)c1. The third kappa shape index (κ3) is 4.59. The molecule has 142 valence electrons. The largest absolute Gasteiger partial charge is 0.486 e. The summed E-state index contributed by atoms with van der Waals surface area (Å²) in [5.41, 5.74) is 1.35. The molecule has 6 nitrogen and oxygen atoms in total. The molecule has 0 atom stereocenters. The van der Waals surface area contributed by atoms with Crippen LogP contribution in [0.5, 0.6) is 5.75 Å². The Morgan fingerprint density at radius 3 is 2.59 bits per heavy atom. The van der Waals surface area contributed by atoms with Crippen molar-refractivity contribution in [2.75, 3.05) is 11.3 Å². The van der Waals surface area contributed by atoms with Crippen molar-refractivity contribution in [1.82, 2.24) is 9.97 Å². The van der Waals surface area contributed by atoms with E-state index in [9.17, 15) is 21.6 Å². The minimum Gasteiger partial charge on any atom is -0.486 e. The van der Waals surface area contributed by atoms with E-state index in [4.69, 9.17) is 0 Å². The van der Waals surface area contributed by atoms with E-state index >= 15 is 0 Å². The number of halogens is 3. The van der Waals surface area contributed by atoms with Crippen LogP contribution >= 0.6 is 0 Å². The number of nitrogens with one attached hydrogen (secondary N) is 2. The molecular weight excluding hydrogens is 383 g/mol. The molecule has 2 heterocycles. The second-order valence-electron chi connectivity index (χ2n) is 5.42. The monoisotopic (exact) mass is 397 g/mol. The highest BCUT2D eigenvalue weighted by Crippen LogP contribution is 2.24. The quantitative estimate of drug-likeness (QED) is 0.637. The number of benzene rings is 1. The molecule has 0 aliphatic heterocycles. The Morgan fingerprint density at radius 2 is 1.93 bits per heavy atom. The summed E-state index contributed by atoms with van der Waals surface area (Å²) in [6.07, 6.45) is -0.503. The van der Waals surface area contributed by atoms with Gasteiger partial charge in [-0.3, -0.25) is 4.72 Å². The van der Waals surface area contributed by atoms with Crippen LogP contribution in [-0.2, 0) is 10.0 Å². The van der Waals surface area contributed by atoms with E-state index in [1.54, 1.807) is 24.3 Å². The van der Waals surface area contributed by atoms with Gasteiger partial charge in [-0.15, -0.1) is 0 Å². The Labute approximate surface area is 153 Å². The molecule has 0 saturated carbocycles. The van der Waals surface area contributed by atoms with E-state index in [2.05, 4.69) is 14.7 Å². The molecule has 0 aliphatic carbocycles. The van der Waals surface area contributed by atoms with Crippen molar-refractivity contribution in [3.05, 3.63) is 60.7 Å². The summed E-state index contributed by atoms with van der Waals surface area (Å²) in [4.78, 5) is 6.32. The van der Waals surface area contributed by atoms with Gasteiger partial charge in [0.15, 0.2) is 11.6 Å². The number of pyridine rings is 1. The molecular formula is C17H14F3N3O3S. The smallest absolute Gasteiger partial charge is 0.272 e. The van der Waals surface area contributed by atoms with E-state index in [-0.39, 0.29) is 10.6 Å². The fourth-order valence-electron chi connectivity index (χ4n) is 2.23. The molecule has 0 radical (unpaired) electrons. The van der Waals surface area contributed by atoms with E-state index in [0.29, 0.717) is 5.69 Å². The topological polar surface area (TPSA) is 84.1 Å². The number of rotatable bonds is 7. The number of sulfonamides is 1. The van der Waals surface area contributed by atoms with Crippen LogP contribution in [0.3, 0.4) is 0 Å². The number of ether oxygens (including phenoxy) is 1. The minimum absolute atomic E-state index is 0.111. The maximum atomic E-state index is 14.0. The molecule has 0 unspecified atom stereocenters. The number of nitrogens with zero attached hydrogens (tertiary/aromatic N) is 1. The van der Waals surface area contributed by atoms with Gasteiger partial charge in [-0.1, -0.05) is 30.3 Å². The number of aromatic amines is 1. The van der Waals surface area contributed by atoms with Crippen molar-refractivity contribution in [1.29, 1.82) is 0 Å². The van der Waals surface area contributed by atoms with Gasteiger partial charge in [0.2, 0.25) is 0 Å². The predicted molar refractivity (Wildman–Crippen MR) is 92.7 cm³/mol. The molecule has 3 rings (SSSR count). The van der Waals surface area contributed by atoms with Gasteiger partial charge in [-0.2, -0.15) is 0 Å². The molecule has 0 aliphatic rings. The van der Waals surface area contributed by atoms with Gasteiger partial charge >= 0.3 is 0 Å². The number of H-pyrrole nitrogens is 1. The summed E-state index contributed by atoms with van der Waals surface area (Å²) in [6, 6.07) is 11.2. The van der Waals surface area contributed by atoms with Gasteiger partial charge in [0.05, 0.1) is 6.20 Å². The van der Waals surface area contributed by atoms with Crippen molar-refractivity contribution < 1.29 is 26.3 Å². The molecule has 2 aromatic heterocycles. The third-order valence-electron chi connectivity index (χ3n) is 3.47. The number of anilines is 1. The first-order valence-electron chi connectivity index (χ1n) is 7.68. The van der Waals surface area contributed by atoms with Crippen molar-refractivity contribution in [2.45, 2.75) is 11.3 Å². The van der Waals surface area contributed by atoms with Crippen LogP contribution in [0.1, 0.15) is 0 Å². The van der Waals surface area contributed by atoms with Crippen LogP contribution in [0.25, 0.3) is 11.3 Å². The van der Waals surface area contributed by atoms with Gasteiger partial charge < -0.3 is 9.72 Å². The summed E-state index contributed by atoms with van der Waals surface area (Å²) in [6.45, 7) is -0.919. The van der Waals surface area contributed by atoms with Crippen molar-refractivity contribution in [3.8, 4) is 17.0 Å². The van der Waals surface area contributed by atoms with Crippen molar-refractivity contribution in [3.63, 3.8) is 0 Å². The normalized spacial score (nSPS) is 11.6. The first-order chi connectivity index (χ1) is 12.8. The highest BCUT2D eigenvalue weighted by molar-refractivity contribution is 7.92. The number of alkyl halides is 2. The molecule has 0 spiro atoms. The van der Waals surface area contributed by atoms with Gasteiger partial charge in [0.1, 0.15) is 17.3 Å². The van der Waals surface area contributed by atoms with E-state index < -0.39 is 34.7 Å². The van der Waals surface area contributed by atoms with Crippen LogP contribution < -0.4 is 9.46 Å². The maximum absolute atomic E-state index is 14.0. The van der Waals surface area contributed by atoms with Crippen LogP contribution in [0.4, 0.5) is 19.0 Å². The Morgan fingerprint density at radius 1 is 1.19 bits per heavy atom.